The number of aliphatic imine (C=N–C) groups is 1. The van der Waals surface area contributed by atoms with E-state index in [-0.39, 0.29) is 24.0 Å². The highest BCUT2D eigenvalue weighted by Crippen LogP contribution is 2.07. The Morgan fingerprint density at radius 2 is 2.00 bits per heavy atom. The summed E-state index contributed by atoms with van der Waals surface area (Å²) in [6.45, 7) is 11.8. The normalized spacial score (nSPS) is 15.6. The van der Waals surface area contributed by atoms with Crippen LogP contribution >= 0.6 is 24.0 Å². The summed E-state index contributed by atoms with van der Waals surface area (Å²) in [7, 11) is 0. The van der Waals surface area contributed by atoms with Gasteiger partial charge in [-0.05, 0) is 45.0 Å². The molecule has 1 fully saturated rings. The van der Waals surface area contributed by atoms with Gasteiger partial charge < -0.3 is 20.0 Å². The van der Waals surface area contributed by atoms with Gasteiger partial charge in [-0.1, -0.05) is 18.6 Å². The number of hydrogen-bond acceptors (Lipinski definition) is 3. The molecule has 1 saturated heterocycles. The Labute approximate surface area is 163 Å². The fraction of sp³-hybridized carbons (Fsp3) is 0.611. The molecule has 0 aliphatic carbocycles. The van der Waals surface area contributed by atoms with E-state index in [0.29, 0.717) is 6.54 Å². The highest BCUT2D eigenvalue weighted by molar-refractivity contribution is 14.0. The van der Waals surface area contributed by atoms with Crippen LogP contribution in [0.4, 0.5) is 0 Å². The minimum absolute atomic E-state index is 0. The third kappa shape index (κ3) is 8.73. The van der Waals surface area contributed by atoms with E-state index in [1.165, 1.54) is 32.4 Å². The quantitative estimate of drug-likeness (QED) is 0.279. The van der Waals surface area contributed by atoms with Crippen LogP contribution in [0.15, 0.2) is 40.0 Å². The van der Waals surface area contributed by atoms with Gasteiger partial charge in [0.1, 0.15) is 5.76 Å². The number of rotatable bonds is 8. The zero-order chi connectivity index (χ0) is 16.3. The maximum Gasteiger partial charge on any atom is 0.191 e. The molecule has 1 aliphatic heterocycles. The summed E-state index contributed by atoms with van der Waals surface area (Å²) in [5, 5.41) is 6.80. The number of hydrogen-bond donors (Lipinski definition) is 2. The smallest absolute Gasteiger partial charge is 0.191 e. The Hall–Kier alpha value is -1.02. The SMILES string of the molecule is C=C(C)CN=C(NCCc1ccco1)NCCN1CCCCC1.I. The molecular weight excluding hydrogens is 415 g/mol. The topological polar surface area (TPSA) is 52.8 Å². The summed E-state index contributed by atoms with van der Waals surface area (Å²) in [5.74, 6) is 1.85. The molecule has 1 aliphatic rings. The van der Waals surface area contributed by atoms with Gasteiger partial charge in [0.15, 0.2) is 5.96 Å². The molecule has 1 aromatic heterocycles. The molecular formula is C18H31IN4O. The largest absolute Gasteiger partial charge is 0.469 e. The Kier molecular flexibility index (Phi) is 10.8. The van der Waals surface area contributed by atoms with E-state index in [0.717, 1.165) is 43.3 Å². The lowest BCUT2D eigenvalue weighted by Crippen LogP contribution is -2.43. The number of likely N-dealkylation sites (tertiary alicyclic amines) is 1. The van der Waals surface area contributed by atoms with Crippen molar-refractivity contribution in [3.05, 3.63) is 36.3 Å². The van der Waals surface area contributed by atoms with E-state index in [1.54, 1.807) is 6.26 Å². The van der Waals surface area contributed by atoms with Crippen molar-refractivity contribution >= 4 is 29.9 Å². The monoisotopic (exact) mass is 446 g/mol. The summed E-state index contributed by atoms with van der Waals surface area (Å²) < 4.78 is 5.35. The maximum atomic E-state index is 5.35. The number of guanidine groups is 1. The first-order valence-electron chi connectivity index (χ1n) is 8.65. The maximum absolute atomic E-state index is 5.35. The first-order chi connectivity index (χ1) is 11.2. The lowest BCUT2D eigenvalue weighted by Gasteiger charge is -2.26. The molecule has 2 rings (SSSR count). The Morgan fingerprint density at radius 3 is 2.67 bits per heavy atom. The van der Waals surface area contributed by atoms with Gasteiger partial charge in [0.05, 0.1) is 12.8 Å². The van der Waals surface area contributed by atoms with Gasteiger partial charge in [-0.3, -0.25) is 0 Å². The fourth-order valence-electron chi connectivity index (χ4n) is 2.66. The van der Waals surface area contributed by atoms with E-state index < -0.39 is 0 Å². The zero-order valence-corrected chi connectivity index (χ0v) is 17.1. The number of furan rings is 1. The van der Waals surface area contributed by atoms with Crippen molar-refractivity contribution in [2.75, 3.05) is 39.3 Å². The average molecular weight is 446 g/mol. The Balaban J connectivity index is 0.00000288. The van der Waals surface area contributed by atoms with Crippen molar-refractivity contribution in [2.24, 2.45) is 4.99 Å². The second-order valence-electron chi connectivity index (χ2n) is 6.21. The number of piperidine rings is 1. The van der Waals surface area contributed by atoms with E-state index >= 15 is 0 Å². The van der Waals surface area contributed by atoms with Crippen LogP contribution in [-0.4, -0.2) is 50.1 Å². The second kappa shape index (κ2) is 12.4. The van der Waals surface area contributed by atoms with Gasteiger partial charge in [0.2, 0.25) is 0 Å². The van der Waals surface area contributed by atoms with Crippen LogP contribution in [0.2, 0.25) is 0 Å². The molecule has 0 spiro atoms. The first-order valence-corrected chi connectivity index (χ1v) is 8.65. The van der Waals surface area contributed by atoms with Gasteiger partial charge >= 0.3 is 0 Å². The molecule has 5 nitrogen and oxygen atoms in total. The van der Waals surface area contributed by atoms with E-state index in [4.69, 9.17) is 4.42 Å². The van der Waals surface area contributed by atoms with Crippen LogP contribution in [0.3, 0.4) is 0 Å². The van der Waals surface area contributed by atoms with Gasteiger partial charge in [-0.15, -0.1) is 24.0 Å². The summed E-state index contributed by atoms with van der Waals surface area (Å²) in [4.78, 5) is 7.09. The van der Waals surface area contributed by atoms with Crippen molar-refractivity contribution in [1.82, 2.24) is 15.5 Å². The first kappa shape index (κ1) is 21.0. The van der Waals surface area contributed by atoms with Crippen molar-refractivity contribution < 1.29 is 4.42 Å². The number of halogens is 1. The third-order valence-electron chi connectivity index (χ3n) is 3.92. The standard InChI is InChI=1S/C18H30N4O.HI/c1-16(2)15-21-18(19-9-8-17-7-6-14-23-17)20-10-13-22-11-4-3-5-12-22;/h6-7,14H,1,3-5,8-13,15H2,2H3,(H2,19,20,21);1H. The van der Waals surface area contributed by atoms with E-state index in [2.05, 4.69) is 27.1 Å². The van der Waals surface area contributed by atoms with Crippen LogP contribution in [0, 0.1) is 0 Å². The molecule has 0 aromatic carbocycles. The van der Waals surface area contributed by atoms with E-state index in [9.17, 15) is 0 Å². The summed E-state index contributed by atoms with van der Waals surface area (Å²) >= 11 is 0. The third-order valence-corrected chi connectivity index (χ3v) is 3.92. The minimum atomic E-state index is 0. The molecule has 24 heavy (non-hydrogen) atoms. The van der Waals surface area contributed by atoms with Crippen molar-refractivity contribution in [2.45, 2.75) is 32.6 Å². The molecule has 0 atom stereocenters. The van der Waals surface area contributed by atoms with Gasteiger partial charge in [-0.25, -0.2) is 4.99 Å². The number of nitrogens with zero attached hydrogens (tertiary/aromatic N) is 2. The fourth-order valence-corrected chi connectivity index (χ4v) is 2.66. The van der Waals surface area contributed by atoms with Gasteiger partial charge in [0.25, 0.3) is 0 Å². The Morgan fingerprint density at radius 1 is 1.25 bits per heavy atom. The lowest BCUT2D eigenvalue weighted by atomic mass is 10.1. The highest BCUT2D eigenvalue weighted by atomic mass is 127. The van der Waals surface area contributed by atoms with Crippen molar-refractivity contribution in [3.8, 4) is 0 Å². The second-order valence-corrected chi connectivity index (χ2v) is 6.21. The molecule has 0 amide bonds. The van der Waals surface area contributed by atoms with Crippen LogP contribution in [0.1, 0.15) is 31.9 Å². The molecule has 136 valence electrons. The number of nitrogens with one attached hydrogen (secondary N) is 2. The molecule has 0 radical (unpaired) electrons. The molecule has 2 heterocycles. The summed E-state index contributed by atoms with van der Waals surface area (Å²) in [6.07, 6.45) is 6.61. The molecule has 0 bridgehead atoms. The van der Waals surface area contributed by atoms with Crippen LogP contribution < -0.4 is 10.6 Å². The molecule has 6 heteroatoms. The minimum Gasteiger partial charge on any atom is -0.469 e. The molecule has 2 N–H and O–H groups in total. The van der Waals surface area contributed by atoms with Crippen molar-refractivity contribution in [3.63, 3.8) is 0 Å². The zero-order valence-electron chi connectivity index (χ0n) is 14.7. The van der Waals surface area contributed by atoms with Gasteiger partial charge in [0, 0.05) is 26.1 Å². The van der Waals surface area contributed by atoms with Gasteiger partial charge in [-0.2, -0.15) is 0 Å². The molecule has 0 saturated carbocycles. The highest BCUT2D eigenvalue weighted by Gasteiger charge is 2.09. The summed E-state index contributed by atoms with van der Waals surface area (Å²) in [5.41, 5.74) is 1.06. The van der Waals surface area contributed by atoms with Crippen LogP contribution in [-0.2, 0) is 6.42 Å². The van der Waals surface area contributed by atoms with Crippen LogP contribution in [0.25, 0.3) is 0 Å². The van der Waals surface area contributed by atoms with E-state index in [1.807, 2.05) is 19.1 Å². The van der Waals surface area contributed by atoms with Crippen LogP contribution in [0.5, 0.6) is 0 Å². The lowest BCUT2D eigenvalue weighted by molar-refractivity contribution is 0.232. The predicted octanol–water partition coefficient (Wildman–Crippen LogP) is 3.04. The predicted molar refractivity (Wildman–Crippen MR) is 111 cm³/mol. The molecule has 1 aromatic rings. The molecule has 0 unspecified atom stereocenters. The summed E-state index contributed by atoms with van der Waals surface area (Å²) in [6, 6.07) is 3.92. The van der Waals surface area contributed by atoms with Crippen molar-refractivity contribution in [1.29, 1.82) is 0 Å². The average Bonchev–Trinajstić information content (AvgIpc) is 3.06. The Bertz CT molecular complexity index is 481.